The SMILES string of the molecule is Cl.O=C(O)CCC/C=C\[C@@H]1C[C@@H](NS(=O)(=O)c2ccc(Cl)cc2)CN1Cc1ccncc1. The quantitative estimate of drug-likeness (QED) is 0.379. The van der Waals surface area contributed by atoms with Crippen molar-refractivity contribution in [3.8, 4) is 0 Å². The van der Waals surface area contributed by atoms with E-state index in [4.69, 9.17) is 16.7 Å². The van der Waals surface area contributed by atoms with E-state index in [0.29, 0.717) is 37.4 Å². The lowest BCUT2D eigenvalue weighted by atomic mass is 10.1. The first kappa shape index (κ1) is 26.3. The highest BCUT2D eigenvalue weighted by molar-refractivity contribution is 7.89. The van der Waals surface area contributed by atoms with Gasteiger partial charge in [-0.3, -0.25) is 14.7 Å². The van der Waals surface area contributed by atoms with E-state index in [1.807, 2.05) is 18.2 Å². The van der Waals surface area contributed by atoms with Crippen LogP contribution in [0, 0.1) is 0 Å². The Bertz CT molecular complexity index is 1000. The van der Waals surface area contributed by atoms with Gasteiger partial charge < -0.3 is 5.11 Å². The second-order valence-electron chi connectivity index (χ2n) is 7.57. The maximum Gasteiger partial charge on any atom is 0.303 e. The number of nitrogens with zero attached hydrogens (tertiary/aromatic N) is 2. The molecule has 0 bridgehead atoms. The number of hydrogen-bond donors (Lipinski definition) is 2. The predicted molar refractivity (Wildman–Crippen MR) is 126 cm³/mol. The third-order valence-electron chi connectivity index (χ3n) is 5.15. The minimum Gasteiger partial charge on any atom is -0.481 e. The summed E-state index contributed by atoms with van der Waals surface area (Å²) in [5, 5.41) is 9.26. The van der Waals surface area contributed by atoms with Crippen molar-refractivity contribution >= 4 is 40.0 Å². The normalized spacial score (nSPS) is 19.2. The fourth-order valence-electron chi connectivity index (χ4n) is 3.65. The van der Waals surface area contributed by atoms with Crippen LogP contribution in [0.2, 0.25) is 5.02 Å². The van der Waals surface area contributed by atoms with Crippen molar-refractivity contribution in [3.05, 3.63) is 71.5 Å². The molecule has 32 heavy (non-hydrogen) atoms. The number of hydrogen-bond acceptors (Lipinski definition) is 5. The smallest absolute Gasteiger partial charge is 0.303 e. The van der Waals surface area contributed by atoms with E-state index >= 15 is 0 Å². The minimum atomic E-state index is -3.65. The average molecular weight is 500 g/mol. The van der Waals surface area contributed by atoms with Gasteiger partial charge in [-0.2, -0.15) is 0 Å². The Hall–Kier alpha value is -1.97. The molecule has 1 fully saturated rings. The Kier molecular flexibility index (Phi) is 10.1. The fraction of sp³-hybridized carbons (Fsp3) is 0.364. The molecule has 0 unspecified atom stereocenters. The molecule has 174 valence electrons. The highest BCUT2D eigenvalue weighted by atomic mass is 35.5. The highest BCUT2D eigenvalue weighted by Gasteiger charge is 2.33. The lowest BCUT2D eigenvalue weighted by Crippen LogP contribution is -2.37. The third kappa shape index (κ3) is 7.86. The van der Waals surface area contributed by atoms with Gasteiger partial charge in [-0.1, -0.05) is 23.8 Å². The summed E-state index contributed by atoms with van der Waals surface area (Å²) in [6.07, 6.45) is 9.55. The topological polar surface area (TPSA) is 99.6 Å². The Balaban J connectivity index is 0.00000363. The zero-order valence-electron chi connectivity index (χ0n) is 17.4. The number of carboxylic acid groups (broad SMARTS) is 1. The molecule has 1 aliphatic rings. The Morgan fingerprint density at radius 2 is 1.91 bits per heavy atom. The van der Waals surface area contributed by atoms with E-state index < -0.39 is 16.0 Å². The molecule has 0 amide bonds. The summed E-state index contributed by atoms with van der Waals surface area (Å²) < 4.78 is 28.4. The predicted octanol–water partition coefficient (Wildman–Crippen LogP) is 3.89. The number of carbonyl (C=O) groups is 1. The van der Waals surface area contributed by atoms with E-state index in [1.54, 1.807) is 24.5 Å². The van der Waals surface area contributed by atoms with E-state index in [-0.39, 0.29) is 35.8 Å². The summed E-state index contributed by atoms with van der Waals surface area (Å²) >= 11 is 5.87. The number of rotatable bonds is 10. The van der Waals surface area contributed by atoms with Crippen LogP contribution in [0.15, 0.2) is 65.8 Å². The van der Waals surface area contributed by atoms with Gasteiger partial charge in [0.25, 0.3) is 0 Å². The van der Waals surface area contributed by atoms with Gasteiger partial charge >= 0.3 is 5.97 Å². The number of halogens is 2. The van der Waals surface area contributed by atoms with Gasteiger partial charge in [0.15, 0.2) is 0 Å². The van der Waals surface area contributed by atoms with Gasteiger partial charge in [0.1, 0.15) is 0 Å². The number of benzene rings is 1. The minimum absolute atomic E-state index is 0. The molecule has 1 aromatic heterocycles. The van der Waals surface area contributed by atoms with Crippen LogP contribution < -0.4 is 4.72 Å². The van der Waals surface area contributed by atoms with Crippen molar-refractivity contribution in [3.63, 3.8) is 0 Å². The molecule has 7 nitrogen and oxygen atoms in total. The zero-order chi connectivity index (χ0) is 22.3. The molecular weight excluding hydrogens is 473 g/mol. The maximum absolute atomic E-state index is 12.8. The Morgan fingerprint density at radius 3 is 2.56 bits per heavy atom. The summed E-state index contributed by atoms with van der Waals surface area (Å²) in [5.74, 6) is -0.801. The number of unbranched alkanes of at least 4 members (excludes halogenated alkanes) is 1. The molecule has 1 aromatic carbocycles. The molecule has 0 spiro atoms. The first-order chi connectivity index (χ1) is 14.8. The molecule has 2 aromatic rings. The molecule has 0 saturated carbocycles. The van der Waals surface area contributed by atoms with Crippen LogP contribution >= 0.6 is 24.0 Å². The number of aromatic nitrogens is 1. The van der Waals surface area contributed by atoms with E-state index in [9.17, 15) is 13.2 Å². The summed E-state index contributed by atoms with van der Waals surface area (Å²) in [5.41, 5.74) is 1.10. The van der Waals surface area contributed by atoms with Crippen LogP contribution in [-0.4, -0.2) is 48.0 Å². The van der Waals surface area contributed by atoms with Gasteiger partial charge in [-0.05, 0) is 61.2 Å². The molecule has 1 saturated heterocycles. The standard InChI is InChI=1S/C22H26ClN3O4S.ClH/c23-18-6-8-21(9-7-18)31(29,30)25-19-14-20(4-2-1-3-5-22(27)28)26(16-19)15-17-10-12-24-13-11-17;/h2,4,6-13,19-20,25H,1,3,5,14-16H2,(H,27,28);1H/b4-2-;/t19-,20-;/m1./s1. The number of pyridine rings is 1. The number of sulfonamides is 1. The van der Waals surface area contributed by atoms with Crippen molar-refractivity contribution in [2.24, 2.45) is 0 Å². The first-order valence-corrected chi connectivity index (χ1v) is 12.0. The van der Waals surface area contributed by atoms with Gasteiger partial charge in [-0.25, -0.2) is 13.1 Å². The van der Waals surface area contributed by atoms with Crippen LogP contribution in [0.4, 0.5) is 0 Å². The Morgan fingerprint density at radius 1 is 1.22 bits per heavy atom. The lowest BCUT2D eigenvalue weighted by molar-refractivity contribution is -0.137. The molecule has 2 heterocycles. The molecule has 3 rings (SSSR count). The van der Waals surface area contributed by atoms with Crippen molar-refractivity contribution in [1.29, 1.82) is 0 Å². The molecule has 1 aliphatic heterocycles. The molecule has 10 heteroatoms. The molecule has 2 N–H and O–H groups in total. The monoisotopic (exact) mass is 499 g/mol. The molecule has 0 radical (unpaired) electrons. The summed E-state index contributed by atoms with van der Waals surface area (Å²) in [4.78, 5) is 17.1. The van der Waals surface area contributed by atoms with E-state index in [0.717, 1.165) is 5.56 Å². The van der Waals surface area contributed by atoms with E-state index in [2.05, 4.69) is 20.7 Å². The molecule has 0 aliphatic carbocycles. The van der Waals surface area contributed by atoms with Crippen molar-refractivity contribution < 1.29 is 18.3 Å². The summed E-state index contributed by atoms with van der Waals surface area (Å²) in [6.45, 7) is 1.24. The highest BCUT2D eigenvalue weighted by Crippen LogP contribution is 2.24. The Labute approximate surface area is 200 Å². The first-order valence-electron chi connectivity index (χ1n) is 10.1. The zero-order valence-corrected chi connectivity index (χ0v) is 19.8. The van der Waals surface area contributed by atoms with Crippen molar-refractivity contribution in [2.45, 2.75) is 49.2 Å². The lowest BCUT2D eigenvalue weighted by Gasteiger charge is -2.21. The van der Waals surface area contributed by atoms with Crippen molar-refractivity contribution in [2.75, 3.05) is 6.54 Å². The number of allylic oxidation sites excluding steroid dienone is 1. The van der Waals surface area contributed by atoms with Gasteiger partial charge in [0, 0.05) is 49.0 Å². The second-order valence-corrected chi connectivity index (χ2v) is 9.72. The molecular formula is C22H27Cl2N3O4S. The number of aliphatic carboxylic acids is 1. The van der Waals surface area contributed by atoms with Crippen molar-refractivity contribution in [1.82, 2.24) is 14.6 Å². The molecule has 2 atom stereocenters. The van der Waals surface area contributed by atoms with Crippen LogP contribution in [0.5, 0.6) is 0 Å². The second kappa shape index (κ2) is 12.3. The van der Waals surface area contributed by atoms with Gasteiger partial charge in [0.2, 0.25) is 10.0 Å². The average Bonchev–Trinajstić information content (AvgIpc) is 3.08. The third-order valence-corrected chi connectivity index (χ3v) is 6.94. The van der Waals surface area contributed by atoms with Crippen LogP contribution in [0.25, 0.3) is 0 Å². The fourth-order valence-corrected chi connectivity index (χ4v) is 5.02. The number of nitrogens with one attached hydrogen (secondary N) is 1. The van der Waals surface area contributed by atoms with Gasteiger partial charge in [0.05, 0.1) is 4.90 Å². The van der Waals surface area contributed by atoms with E-state index in [1.165, 1.54) is 12.1 Å². The largest absolute Gasteiger partial charge is 0.481 e. The van der Waals surface area contributed by atoms with Gasteiger partial charge in [-0.15, -0.1) is 12.4 Å². The number of carboxylic acids is 1. The summed E-state index contributed by atoms with van der Waals surface area (Å²) in [6, 6.07) is 9.80. The number of likely N-dealkylation sites (tertiary alicyclic amines) is 1. The van der Waals surface area contributed by atoms with Crippen LogP contribution in [0.3, 0.4) is 0 Å². The van der Waals surface area contributed by atoms with Crippen LogP contribution in [0.1, 0.15) is 31.2 Å². The maximum atomic E-state index is 12.8. The van der Waals surface area contributed by atoms with Crippen LogP contribution in [-0.2, 0) is 21.4 Å². The summed E-state index contributed by atoms with van der Waals surface area (Å²) in [7, 11) is -3.65.